The van der Waals surface area contributed by atoms with Crippen molar-refractivity contribution >= 4 is 8.24 Å². The summed E-state index contributed by atoms with van der Waals surface area (Å²) in [6.45, 7) is 13.6. The first-order chi connectivity index (χ1) is 9.96. The molecule has 0 spiro atoms. The van der Waals surface area contributed by atoms with Gasteiger partial charge in [0.15, 0.2) is 0 Å². The fraction of sp³-hybridized carbons (Fsp3) is 0.737. The van der Waals surface area contributed by atoms with E-state index in [4.69, 9.17) is 15.6 Å². The molecule has 2 rings (SSSR count). The smallest absolute Gasteiger partial charge is 0.680 e. The Balaban J connectivity index is -0.000000378. The molecule has 0 aliphatic heterocycles. The van der Waals surface area contributed by atoms with Gasteiger partial charge in [-0.1, -0.05) is 58.1 Å². The van der Waals surface area contributed by atoms with Crippen molar-refractivity contribution in [2.24, 2.45) is 17.8 Å². The monoisotopic (exact) mass is 389 g/mol. The van der Waals surface area contributed by atoms with Crippen LogP contribution in [0.2, 0.25) is 18.6 Å². The summed E-state index contributed by atoms with van der Waals surface area (Å²) in [5, 5.41) is 24.5. The van der Waals surface area contributed by atoms with Gasteiger partial charge in [0.2, 0.25) is 0 Å². The number of aliphatic hydroxyl groups excluding tert-OH is 2. The molecule has 4 unspecified atom stereocenters. The van der Waals surface area contributed by atoms with Gasteiger partial charge >= 0.3 is 21.7 Å². The summed E-state index contributed by atoms with van der Waals surface area (Å²) in [7, 11) is -1.73. The van der Waals surface area contributed by atoms with Gasteiger partial charge in [0.1, 0.15) is 0 Å². The normalized spacial score (nSPS) is 27.2. The number of aliphatic hydroxyl groups is 2. The fourth-order valence-corrected chi connectivity index (χ4v) is 6.32. The maximum absolute atomic E-state index is 8.36. The van der Waals surface area contributed by atoms with Crippen LogP contribution in [0.3, 0.4) is 0 Å². The number of nitrogens with one attached hydrogen (secondary N) is 1. The Labute approximate surface area is 166 Å². The molecule has 0 saturated heterocycles. The summed E-state index contributed by atoms with van der Waals surface area (Å²) < 4.78 is 0. The van der Waals surface area contributed by atoms with Crippen molar-refractivity contribution in [1.82, 2.24) is 0 Å². The first-order valence-corrected chi connectivity index (χ1v) is 11.5. The quantitative estimate of drug-likeness (QED) is 0.476. The van der Waals surface area contributed by atoms with Gasteiger partial charge < -0.3 is 23.0 Å². The number of fused-ring (bicyclic) bond motifs is 1. The maximum atomic E-state index is 8.36. The van der Waals surface area contributed by atoms with Crippen LogP contribution < -0.4 is 0 Å². The van der Waals surface area contributed by atoms with Crippen molar-refractivity contribution in [3.8, 4) is 0 Å². The zero-order chi connectivity index (χ0) is 17.5. The Morgan fingerprint density at radius 3 is 1.75 bits per heavy atom. The summed E-state index contributed by atoms with van der Waals surface area (Å²) in [5.41, 5.74) is 0.661. The average molecular weight is 389 g/mol. The van der Waals surface area contributed by atoms with Crippen molar-refractivity contribution in [3.05, 3.63) is 37.1 Å². The molecule has 1 saturated carbocycles. The van der Waals surface area contributed by atoms with Gasteiger partial charge in [-0.05, 0) is 51.9 Å². The molecule has 0 aromatic carbocycles. The van der Waals surface area contributed by atoms with Gasteiger partial charge in [-0.25, -0.2) is 0 Å². The standard InChI is InChI=1S/C12H20NSi.2C3H8O.CH3.Ti/c1-9-8-10-6-4-5-7-11(10)12(9)14(2,3)13;2*1-3(2)4;;/h4-7,9-13H,8H2,1-3H3;2*3-4H,1-2H3;1H3;/q-1;;;-1;+2. The number of allylic oxidation sites excluding steroid dienone is 4. The molecule has 3 nitrogen and oxygen atoms in total. The van der Waals surface area contributed by atoms with Crippen molar-refractivity contribution in [2.75, 3.05) is 0 Å². The minimum atomic E-state index is -1.73. The molecule has 0 amide bonds. The summed E-state index contributed by atoms with van der Waals surface area (Å²) >= 11 is 0. The van der Waals surface area contributed by atoms with E-state index in [0.29, 0.717) is 11.5 Å². The van der Waals surface area contributed by atoms with Crippen LogP contribution in [0.4, 0.5) is 0 Å². The maximum Gasteiger partial charge on any atom is 2.00 e. The molecular weight excluding hydrogens is 350 g/mol. The molecule has 0 aromatic rings. The molecule has 2 aliphatic carbocycles. The minimum Gasteiger partial charge on any atom is -0.680 e. The van der Waals surface area contributed by atoms with Crippen LogP contribution >= 0.6 is 0 Å². The Hall–Kier alpha value is 0.291. The molecule has 2 aliphatic rings. The molecule has 24 heavy (non-hydrogen) atoms. The molecular formula is C19H39NO2SiTi. The Morgan fingerprint density at radius 2 is 1.38 bits per heavy atom. The molecule has 0 heterocycles. The number of hydrogen-bond donors (Lipinski definition) is 2. The van der Waals surface area contributed by atoms with E-state index in [1.807, 2.05) is 0 Å². The first kappa shape index (κ1) is 29.1. The molecule has 0 aromatic heterocycles. The molecule has 0 bridgehead atoms. The van der Waals surface area contributed by atoms with E-state index in [2.05, 4.69) is 44.3 Å². The van der Waals surface area contributed by atoms with E-state index in [-0.39, 0.29) is 41.4 Å². The van der Waals surface area contributed by atoms with Crippen LogP contribution in [0.25, 0.3) is 5.40 Å². The zero-order valence-corrected chi connectivity index (χ0v) is 19.4. The van der Waals surface area contributed by atoms with Crippen molar-refractivity contribution in [3.63, 3.8) is 0 Å². The topological polar surface area (TPSA) is 64.3 Å². The third kappa shape index (κ3) is 11.8. The van der Waals surface area contributed by atoms with Crippen LogP contribution in [0.5, 0.6) is 0 Å². The Bertz CT molecular complexity index is 353. The summed E-state index contributed by atoms with van der Waals surface area (Å²) in [4.78, 5) is 0. The van der Waals surface area contributed by atoms with Crippen molar-refractivity contribution < 1.29 is 31.9 Å². The minimum absolute atomic E-state index is 0. The molecule has 140 valence electrons. The van der Waals surface area contributed by atoms with Crippen molar-refractivity contribution in [1.29, 1.82) is 0 Å². The van der Waals surface area contributed by atoms with Gasteiger partial charge in [0.25, 0.3) is 0 Å². The van der Waals surface area contributed by atoms with Gasteiger partial charge in [-0.2, -0.15) is 0 Å². The Kier molecular flexibility index (Phi) is 16.3. The van der Waals surface area contributed by atoms with Gasteiger partial charge in [-0.3, -0.25) is 0 Å². The third-order valence-corrected chi connectivity index (χ3v) is 6.42. The van der Waals surface area contributed by atoms with Crippen molar-refractivity contribution in [2.45, 2.75) is 71.9 Å². The van der Waals surface area contributed by atoms with Crippen LogP contribution in [0.1, 0.15) is 41.0 Å². The second kappa shape index (κ2) is 13.5. The second-order valence-corrected chi connectivity index (χ2v) is 11.8. The van der Waals surface area contributed by atoms with Crippen LogP contribution in [0.15, 0.2) is 24.3 Å². The Morgan fingerprint density at radius 1 is 1.00 bits per heavy atom. The molecule has 5 heteroatoms. The molecule has 3 N–H and O–H groups in total. The zero-order valence-electron chi connectivity index (χ0n) is 16.9. The SMILES string of the molecule is CC(C)O.CC(C)O.CC1CC2C=CC=CC2C1[Si](C)(C)[NH-].[CH3-].[Ti+2]. The van der Waals surface area contributed by atoms with E-state index in [1.165, 1.54) is 6.42 Å². The van der Waals surface area contributed by atoms with Gasteiger partial charge in [0, 0.05) is 12.2 Å². The van der Waals surface area contributed by atoms with Crippen LogP contribution in [-0.4, -0.2) is 30.7 Å². The van der Waals surface area contributed by atoms with E-state index < -0.39 is 8.24 Å². The first-order valence-electron chi connectivity index (χ1n) is 8.42. The van der Waals surface area contributed by atoms with E-state index in [1.54, 1.807) is 27.7 Å². The predicted molar refractivity (Wildman–Crippen MR) is 106 cm³/mol. The second-order valence-electron chi connectivity index (χ2n) is 7.66. The molecule has 1 fully saturated rings. The molecule has 0 radical (unpaired) electrons. The predicted octanol–water partition coefficient (Wildman–Crippen LogP) is 5.23. The number of rotatable bonds is 1. The molecule has 4 atom stereocenters. The summed E-state index contributed by atoms with van der Waals surface area (Å²) in [6, 6.07) is 0. The van der Waals surface area contributed by atoms with E-state index in [9.17, 15) is 0 Å². The van der Waals surface area contributed by atoms with E-state index in [0.717, 1.165) is 11.8 Å². The summed E-state index contributed by atoms with van der Waals surface area (Å²) in [5.74, 6) is 2.16. The van der Waals surface area contributed by atoms with Gasteiger partial charge in [0.05, 0.1) is 0 Å². The number of hydrogen-bond acceptors (Lipinski definition) is 2. The third-order valence-electron chi connectivity index (χ3n) is 3.80. The summed E-state index contributed by atoms with van der Waals surface area (Å²) in [6.07, 6.45) is 10.0. The van der Waals surface area contributed by atoms with E-state index >= 15 is 0 Å². The average Bonchev–Trinajstić information content (AvgIpc) is 2.62. The van der Waals surface area contributed by atoms with Crippen LogP contribution in [0, 0.1) is 25.2 Å². The van der Waals surface area contributed by atoms with Crippen LogP contribution in [-0.2, 0) is 21.7 Å². The van der Waals surface area contributed by atoms with Gasteiger partial charge in [-0.15, -0.1) is 0 Å². The fourth-order valence-electron chi connectivity index (χ4n) is 3.44. The largest absolute Gasteiger partial charge is 2.00 e.